The van der Waals surface area contributed by atoms with Gasteiger partial charge in [-0.3, -0.25) is 0 Å². The van der Waals surface area contributed by atoms with E-state index in [0.717, 1.165) is 21.9 Å². The van der Waals surface area contributed by atoms with Gasteiger partial charge in [0.15, 0.2) is 0 Å². The van der Waals surface area contributed by atoms with Crippen molar-refractivity contribution in [2.24, 2.45) is 0 Å². The van der Waals surface area contributed by atoms with Crippen LogP contribution in [0.25, 0.3) is 71.7 Å². The van der Waals surface area contributed by atoms with Crippen molar-refractivity contribution < 1.29 is 4.42 Å². The van der Waals surface area contributed by atoms with Crippen LogP contribution in [0.1, 0.15) is 22.3 Å². The highest BCUT2D eigenvalue weighted by molar-refractivity contribution is 6.12. The normalized spacial score (nSPS) is 15.1. The number of fused-ring (bicyclic) bond motifs is 8. The van der Waals surface area contributed by atoms with Crippen molar-refractivity contribution in [2.75, 3.05) is 0 Å². The summed E-state index contributed by atoms with van der Waals surface area (Å²) in [5, 5.41) is 4.87. The average molecular weight is 650 g/mol. The molecule has 0 saturated carbocycles. The second-order valence-electron chi connectivity index (χ2n) is 13.7. The molecule has 0 bridgehead atoms. The quantitative estimate of drug-likeness (QED) is 0.186. The molecule has 0 radical (unpaired) electrons. The fourth-order valence-corrected chi connectivity index (χ4v) is 8.85. The molecule has 1 atom stereocenters. The molecule has 2 nitrogen and oxygen atoms in total. The summed E-state index contributed by atoms with van der Waals surface area (Å²) >= 11 is 0. The van der Waals surface area contributed by atoms with Gasteiger partial charge in [-0.15, -0.1) is 0 Å². The third-order valence-corrected chi connectivity index (χ3v) is 11.1. The molecule has 0 spiro atoms. The third-order valence-electron chi connectivity index (χ3n) is 11.1. The molecule has 1 aliphatic heterocycles. The Morgan fingerprint density at radius 1 is 0.373 bits per heavy atom. The lowest BCUT2D eigenvalue weighted by Crippen LogP contribution is -2.35. The molecule has 1 aliphatic rings. The van der Waals surface area contributed by atoms with Crippen LogP contribution in [-0.4, -0.2) is 4.57 Å². The lowest BCUT2D eigenvalue weighted by Gasteiger charge is -2.41. The highest BCUT2D eigenvalue weighted by Crippen LogP contribution is 2.54. The molecule has 238 valence electrons. The van der Waals surface area contributed by atoms with Crippen molar-refractivity contribution in [3.8, 4) is 27.9 Å². The van der Waals surface area contributed by atoms with Crippen LogP contribution in [0, 0.1) is 0 Å². The number of aromatic nitrogens is 1. The first-order valence-corrected chi connectivity index (χ1v) is 17.6. The lowest BCUT2D eigenvalue weighted by atomic mass is 9.63. The van der Waals surface area contributed by atoms with E-state index in [1.165, 1.54) is 72.0 Å². The predicted molar refractivity (Wildman–Crippen MR) is 211 cm³/mol. The van der Waals surface area contributed by atoms with E-state index in [1.54, 1.807) is 0 Å². The Labute approximate surface area is 295 Å². The highest BCUT2D eigenvalue weighted by atomic mass is 16.3. The van der Waals surface area contributed by atoms with Gasteiger partial charge in [-0.2, -0.15) is 0 Å². The van der Waals surface area contributed by atoms with Crippen LogP contribution in [0.3, 0.4) is 0 Å². The van der Waals surface area contributed by atoms with Crippen LogP contribution >= 0.6 is 0 Å². The van der Waals surface area contributed by atoms with Gasteiger partial charge < -0.3 is 8.98 Å². The van der Waals surface area contributed by atoms with E-state index in [-0.39, 0.29) is 0 Å². The molecule has 0 fully saturated rings. The number of nitrogens with zero attached hydrogens (tertiary/aromatic N) is 1. The number of rotatable bonds is 4. The van der Waals surface area contributed by atoms with Gasteiger partial charge in [0.1, 0.15) is 11.2 Å². The van der Waals surface area contributed by atoms with E-state index >= 15 is 0 Å². The maximum absolute atomic E-state index is 6.07. The highest BCUT2D eigenvalue weighted by Gasteiger charge is 2.45. The van der Waals surface area contributed by atoms with Gasteiger partial charge in [-0.05, 0) is 74.8 Å². The SMILES string of the molecule is c1ccc(C2(c3ccc(-c4ccc(-c5ccc6oc7ccccc7c6c5)cc4)cc3)c3ccccc3-n3c4ccccc4c4cccc2c43)cc1. The number of furan rings is 1. The van der Waals surface area contributed by atoms with Gasteiger partial charge in [-0.25, -0.2) is 0 Å². The van der Waals surface area contributed by atoms with Gasteiger partial charge in [0.25, 0.3) is 0 Å². The summed E-state index contributed by atoms with van der Waals surface area (Å²) in [4.78, 5) is 0. The van der Waals surface area contributed by atoms with E-state index in [4.69, 9.17) is 4.42 Å². The first-order valence-electron chi connectivity index (χ1n) is 17.6. The minimum atomic E-state index is -0.500. The fraction of sp³-hybridized carbons (Fsp3) is 0.0204. The zero-order chi connectivity index (χ0) is 33.5. The molecule has 0 amide bonds. The van der Waals surface area contributed by atoms with E-state index in [0.29, 0.717) is 0 Å². The summed E-state index contributed by atoms with van der Waals surface area (Å²) in [6.45, 7) is 0. The second-order valence-corrected chi connectivity index (χ2v) is 13.7. The molecule has 8 aromatic carbocycles. The van der Waals surface area contributed by atoms with Crippen molar-refractivity contribution >= 4 is 43.7 Å². The van der Waals surface area contributed by atoms with Crippen LogP contribution in [-0.2, 0) is 5.41 Å². The molecule has 10 aromatic rings. The summed E-state index contributed by atoms with van der Waals surface area (Å²) in [5.41, 5.74) is 15.0. The van der Waals surface area contributed by atoms with Crippen LogP contribution in [0.15, 0.2) is 192 Å². The average Bonchev–Trinajstić information content (AvgIpc) is 3.75. The van der Waals surface area contributed by atoms with E-state index in [2.05, 4.69) is 180 Å². The first-order chi connectivity index (χ1) is 25.3. The molecule has 1 unspecified atom stereocenters. The maximum atomic E-state index is 6.07. The van der Waals surface area contributed by atoms with Crippen molar-refractivity contribution in [3.05, 3.63) is 210 Å². The minimum Gasteiger partial charge on any atom is -0.456 e. The zero-order valence-electron chi connectivity index (χ0n) is 27.8. The van der Waals surface area contributed by atoms with Crippen LogP contribution < -0.4 is 0 Å². The van der Waals surface area contributed by atoms with Crippen molar-refractivity contribution in [2.45, 2.75) is 5.41 Å². The maximum Gasteiger partial charge on any atom is 0.135 e. The van der Waals surface area contributed by atoms with Crippen LogP contribution in [0.5, 0.6) is 0 Å². The van der Waals surface area contributed by atoms with Gasteiger partial charge >= 0.3 is 0 Å². The van der Waals surface area contributed by atoms with Crippen molar-refractivity contribution in [1.82, 2.24) is 4.57 Å². The molecule has 3 heterocycles. The molecule has 2 heteroatoms. The summed E-state index contributed by atoms with van der Waals surface area (Å²) < 4.78 is 8.56. The fourth-order valence-electron chi connectivity index (χ4n) is 8.85. The van der Waals surface area contributed by atoms with Crippen molar-refractivity contribution in [1.29, 1.82) is 0 Å². The minimum absolute atomic E-state index is 0.500. The first kappa shape index (κ1) is 28.2. The van der Waals surface area contributed by atoms with Gasteiger partial charge in [0.05, 0.1) is 22.1 Å². The molecule has 2 aromatic heterocycles. The van der Waals surface area contributed by atoms with Crippen LogP contribution in [0.4, 0.5) is 0 Å². The summed E-state index contributed by atoms with van der Waals surface area (Å²) in [5.74, 6) is 0. The molecule has 0 saturated heterocycles. The Morgan fingerprint density at radius 2 is 0.941 bits per heavy atom. The Balaban J connectivity index is 1.06. The van der Waals surface area contributed by atoms with Gasteiger partial charge in [-0.1, -0.05) is 158 Å². The van der Waals surface area contributed by atoms with Crippen LogP contribution in [0.2, 0.25) is 0 Å². The predicted octanol–water partition coefficient (Wildman–Crippen LogP) is 12.7. The van der Waals surface area contributed by atoms with Crippen molar-refractivity contribution in [3.63, 3.8) is 0 Å². The Hall–Kier alpha value is -6.64. The topological polar surface area (TPSA) is 18.1 Å². The summed E-state index contributed by atoms with van der Waals surface area (Å²) in [6.07, 6.45) is 0. The summed E-state index contributed by atoms with van der Waals surface area (Å²) in [7, 11) is 0. The monoisotopic (exact) mass is 649 g/mol. The second kappa shape index (κ2) is 10.7. The van der Waals surface area contributed by atoms with E-state index in [9.17, 15) is 0 Å². The number of hydrogen-bond acceptors (Lipinski definition) is 1. The number of benzene rings is 8. The molecule has 0 aliphatic carbocycles. The Morgan fingerprint density at radius 3 is 1.76 bits per heavy atom. The summed E-state index contributed by atoms with van der Waals surface area (Å²) in [6, 6.07) is 68.7. The number of hydrogen-bond donors (Lipinski definition) is 0. The molecular weight excluding hydrogens is 619 g/mol. The molecule has 51 heavy (non-hydrogen) atoms. The molecule has 11 rings (SSSR count). The van der Waals surface area contributed by atoms with E-state index in [1.807, 2.05) is 12.1 Å². The van der Waals surface area contributed by atoms with Gasteiger partial charge in [0.2, 0.25) is 0 Å². The smallest absolute Gasteiger partial charge is 0.135 e. The zero-order valence-corrected chi connectivity index (χ0v) is 27.8. The van der Waals surface area contributed by atoms with Gasteiger partial charge in [0, 0.05) is 21.5 Å². The molecule has 0 N–H and O–H groups in total. The third kappa shape index (κ3) is 3.93. The van der Waals surface area contributed by atoms with E-state index < -0.39 is 5.41 Å². The Bertz CT molecular complexity index is 2950. The largest absolute Gasteiger partial charge is 0.456 e. The number of para-hydroxylation sites is 4. The standard InChI is InChI=1S/C49H31NO/c1-2-11-36(12-3-1)49(42-16-6-8-19-45(42)50-44-18-7-4-13-38(44)40-15-10-17-43(49)48(40)50)37-28-25-33(26-29-37)32-21-23-34(24-22-32)35-27-30-47-41(31-35)39-14-5-9-20-46(39)51-47/h1-31H. The Kier molecular flexibility index (Phi) is 5.91. The lowest BCUT2D eigenvalue weighted by molar-refractivity contribution is 0.669. The molecular formula is C49H31NO.